The maximum Gasteiger partial charge on any atom is 0.262 e. The van der Waals surface area contributed by atoms with E-state index in [-0.39, 0.29) is 19.6 Å². The molecule has 1 aliphatic heterocycles. The number of aliphatic hydroxyl groups excluding tert-OH is 2. The molecule has 0 aliphatic carbocycles. The fraction of sp³-hybridized carbons (Fsp3) is 0.538. The zero-order chi connectivity index (χ0) is 14.0. The summed E-state index contributed by atoms with van der Waals surface area (Å²) in [6, 6.07) is 6.01. The summed E-state index contributed by atoms with van der Waals surface area (Å²) in [7, 11) is 0. The van der Waals surface area contributed by atoms with Crippen LogP contribution in [0.4, 0.5) is 8.78 Å². The van der Waals surface area contributed by atoms with Gasteiger partial charge in [0.15, 0.2) is 0 Å². The van der Waals surface area contributed by atoms with Gasteiger partial charge in [0.2, 0.25) is 0 Å². The molecule has 1 fully saturated rings. The molecular weight excluding hydrogens is 276 g/mol. The van der Waals surface area contributed by atoms with Gasteiger partial charge in [0.1, 0.15) is 0 Å². The van der Waals surface area contributed by atoms with Gasteiger partial charge in [-0.1, -0.05) is 23.7 Å². The van der Waals surface area contributed by atoms with Crippen molar-refractivity contribution >= 4 is 11.6 Å². The molecule has 19 heavy (non-hydrogen) atoms. The average molecular weight is 292 g/mol. The topological polar surface area (TPSA) is 43.7 Å². The third kappa shape index (κ3) is 3.63. The highest BCUT2D eigenvalue weighted by Crippen LogP contribution is 2.33. The summed E-state index contributed by atoms with van der Waals surface area (Å²) in [6.07, 6.45) is -1.24. The molecule has 1 aromatic carbocycles. The maximum atomic E-state index is 13.3. The first-order valence-electron chi connectivity index (χ1n) is 6.07. The molecule has 1 heterocycles. The Morgan fingerprint density at radius 3 is 2.58 bits per heavy atom. The van der Waals surface area contributed by atoms with Crippen molar-refractivity contribution in [2.24, 2.45) is 0 Å². The molecule has 2 atom stereocenters. The van der Waals surface area contributed by atoms with Crippen molar-refractivity contribution in [3.8, 4) is 0 Å². The summed E-state index contributed by atoms with van der Waals surface area (Å²) in [4.78, 5) is 1.43. The second-order valence-corrected chi connectivity index (χ2v) is 5.33. The first-order valence-corrected chi connectivity index (χ1v) is 6.45. The number of aliphatic hydroxyl groups is 2. The molecule has 1 aromatic rings. The molecular formula is C13H16ClF2NO2. The number of likely N-dealkylation sites (tertiary alicyclic amines) is 1. The summed E-state index contributed by atoms with van der Waals surface area (Å²) in [5.41, 5.74) is 0.622. The van der Waals surface area contributed by atoms with E-state index < -0.39 is 24.6 Å². The molecule has 1 aliphatic rings. The summed E-state index contributed by atoms with van der Waals surface area (Å²) < 4.78 is 26.6. The van der Waals surface area contributed by atoms with Crippen LogP contribution in [0.5, 0.6) is 0 Å². The quantitative estimate of drug-likeness (QED) is 0.893. The van der Waals surface area contributed by atoms with Gasteiger partial charge in [-0.15, -0.1) is 0 Å². The van der Waals surface area contributed by atoms with E-state index in [1.165, 1.54) is 4.90 Å². The van der Waals surface area contributed by atoms with Gasteiger partial charge >= 0.3 is 0 Å². The lowest BCUT2D eigenvalue weighted by atomic mass is 10.1. The molecule has 0 amide bonds. The van der Waals surface area contributed by atoms with Crippen LogP contribution in [0.25, 0.3) is 0 Å². The van der Waals surface area contributed by atoms with Crippen LogP contribution in [0.3, 0.4) is 0 Å². The van der Waals surface area contributed by atoms with Gasteiger partial charge in [-0.05, 0) is 17.7 Å². The van der Waals surface area contributed by atoms with Gasteiger partial charge in [-0.25, -0.2) is 8.78 Å². The fourth-order valence-electron chi connectivity index (χ4n) is 2.37. The minimum absolute atomic E-state index is 0.0719. The van der Waals surface area contributed by atoms with Crippen LogP contribution < -0.4 is 0 Å². The number of β-amino-alcohol motifs (C(OH)–C–C–N with tert-alkyl or cyclic N) is 1. The number of alkyl halides is 2. The van der Waals surface area contributed by atoms with Crippen LogP contribution >= 0.6 is 11.6 Å². The zero-order valence-electron chi connectivity index (χ0n) is 10.3. The lowest BCUT2D eigenvalue weighted by Gasteiger charge is -2.24. The minimum atomic E-state index is -2.80. The van der Waals surface area contributed by atoms with Crippen molar-refractivity contribution in [3.63, 3.8) is 0 Å². The minimum Gasteiger partial charge on any atom is -0.395 e. The SMILES string of the molecule is OCC1CC(F)(F)CN1C[C@H](O)c1ccc(Cl)cc1. The van der Waals surface area contributed by atoms with Crippen molar-refractivity contribution in [2.75, 3.05) is 19.7 Å². The highest BCUT2D eigenvalue weighted by molar-refractivity contribution is 6.30. The highest BCUT2D eigenvalue weighted by atomic mass is 35.5. The predicted octanol–water partition coefficient (Wildman–Crippen LogP) is 2.08. The van der Waals surface area contributed by atoms with Crippen LogP contribution in [0, 0.1) is 0 Å². The van der Waals surface area contributed by atoms with E-state index in [9.17, 15) is 13.9 Å². The van der Waals surface area contributed by atoms with E-state index in [1.807, 2.05) is 0 Å². The number of hydrogen-bond donors (Lipinski definition) is 2. The number of hydrogen-bond acceptors (Lipinski definition) is 3. The number of nitrogens with zero attached hydrogens (tertiary/aromatic N) is 1. The fourth-order valence-corrected chi connectivity index (χ4v) is 2.50. The maximum absolute atomic E-state index is 13.3. The van der Waals surface area contributed by atoms with E-state index in [0.717, 1.165) is 0 Å². The van der Waals surface area contributed by atoms with E-state index >= 15 is 0 Å². The van der Waals surface area contributed by atoms with E-state index in [1.54, 1.807) is 24.3 Å². The molecule has 6 heteroatoms. The van der Waals surface area contributed by atoms with Crippen LogP contribution in [0.15, 0.2) is 24.3 Å². The second-order valence-electron chi connectivity index (χ2n) is 4.89. The van der Waals surface area contributed by atoms with Crippen molar-refractivity contribution in [3.05, 3.63) is 34.9 Å². The molecule has 1 saturated heterocycles. The standard InChI is InChI=1S/C13H16ClF2NO2/c14-10-3-1-9(2-4-10)12(19)6-17-8-13(15,16)5-11(17)7-18/h1-4,11-12,18-19H,5-8H2/t11?,12-/m0/s1. The first-order chi connectivity index (χ1) is 8.91. The molecule has 0 bridgehead atoms. The molecule has 2 rings (SSSR count). The molecule has 0 aromatic heterocycles. The molecule has 0 radical (unpaired) electrons. The molecule has 0 spiro atoms. The van der Waals surface area contributed by atoms with Gasteiger partial charge in [0.25, 0.3) is 5.92 Å². The number of halogens is 3. The summed E-state index contributed by atoms with van der Waals surface area (Å²) in [5.74, 6) is -2.80. The van der Waals surface area contributed by atoms with Gasteiger partial charge in [-0.2, -0.15) is 0 Å². The Morgan fingerprint density at radius 1 is 1.37 bits per heavy atom. The second kappa shape index (κ2) is 5.71. The molecule has 1 unspecified atom stereocenters. The summed E-state index contributed by atoms with van der Waals surface area (Å²) in [5, 5.41) is 19.7. The van der Waals surface area contributed by atoms with Crippen LogP contribution in [0.1, 0.15) is 18.1 Å². The van der Waals surface area contributed by atoms with Crippen molar-refractivity contribution in [2.45, 2.75) is 24.5 Å². The molecule has 106 valence electrons. The third-order valence-corrected chi connectivity index (χ3v) is 3.61. The van der Waals surface area contributed by atoms with Crippen LogP contribution in [-0.2, 0) is 0 Å². The normalized spacial score (nSPS) is 24.6. The molecule has 2 N–H and O–H groups in total. The Kier molecular flexibility index (Phi) is 4.40. The van der Waals surface area contributed by atoms with Gasteiger partial charge < -0.3 is 10.2 Å². The van der Waals surface area contributed by atoms with Crippen molar-refractivity contribution in [1.29, 1.82) is 0 Å². The largest absolute Gasteiger partial charge is 0.395 e. The monoisotopic (exact) mass is 291 g/mol. The van der Waals surface area contributed by atoms with E-state index in [4.69, 9.17) is 16.7 Å². The summed E-state index contributed by atoms with van der Waals surface area (Å²) >= 11 is 5.75. The Labute approximate surface area is 115 Å². The third-order valence-electron chi connectivity index (χ3n) is 3.36. The highest BCUT2D eigenvalue weighted by Gasteiger charge is 2.44. The van der Waals surface area contributed by atoms with Gasteiger partial charge in [0.05, 0.1) is 19.3 Å². The Morgan fingerprint density at radius 2 is 2.00 bits per heavy atom. The van der Waals surface area contributed by atoms with Crippen LogP contribution in [0.2, 0.25) is 5.02 Å². The lowest BCUT2D eigenvalue weighted by Crippen LogP contribution is -2.36. The Balaban J connectivity index is 2.02. The van der Waals surface area contributed by atoms with E-state index in [2.05, 4.69) is 0 Å². The Bertz CT molecular complexity index is 427. The van der Waals surface area contributed by atoms with Crippen molar-refractivity contribution in [1.82, 2.24) is 4.90 Å². The molecule has 0 saturated carbocycles. The smallest absolute Gasteiger partial charge is 0.262 e. The zero-order valence-corrected chi connectivity index (χ0v) is 11.0. The van der Waals surface area contributed by atoms with E-state index in [0.29, 0.717) is 10.6 Å². The lowest BCUT2D eigenvalue weighted by molar-refractivity contribution is 0.00741. The van der Waals surface area contributed by atoms with Crippen molar-refractivity contribution < 1.29 is 19.0 Å². The molecule has 3 nitrogen and oxygen atoms in total. The predicted molar refractivity (Wildman–Crippen MR) is 68.4 cm³/mol. The number of rotatable bonds is 4. The van der Waals surface area contributed by atoms with Gasteiger partial charge in [-0.3, -0.25) is 4.90 Å². The average Bonchev–Trinajstić information content (AvgIpc) is 2.64. The first kappa shape index (κ1) is 14.7. The Hall–Kier alpha value is -0.750. The van der Waals surface area contributed by atoms with Crippen LogP contribution in [-0.4, -0.2) is 46.8 Å². The number of benzene rings is 1. The summed E-state index contributed by atoms with van der Waals surface area (Å²) in [6.45, 7) is -0.686. The van der Waals surface area contributed by atoms with Gasteiger partial charge in [0, 0.05) is 24.0 Å².